The second-order valence-corrected chi connectivity index (χ2v) is 7.31. The Balaban J connectivity index is 1.57. The molecule has 0 aliphatic rings. The number of nitrogens with one attached hydrogen (secondary N) is 1. The summed E-state index contributed by atoms with van der Waals surface area (Å²) in [5.41, 5.74) is 2.62. The van der Waals surface area contributed by atoms with Crippen LogP contribution in [-0.4, -0.2) is 22.7 Å². The van der Waals surface area contributed by atoms with Gasteiger partial charge in [0.25, 0.3) is 11.8 Å². The summed E-state index contributed by atoms with van der Waals surface area (Å²) in [4.78, 5) is 16.4. The molecule has 27 heavy (non-hydrogen) atoms. The fraction of sp³-hybridized carbons (Fsp3) is 0.250. The number of aromatic nitrogens is 2. The largest absolute Gasteiger partial charge is 0.484 e. The number of anilines is 1. The number of benzene rings is 2. The quantitative estimate of drug-likeness (QED) is 0.599. The Morgan fingerprint density at radius 2 is 1.96 bits per heavy atom. The van der Waals surface area contributed by atoms with Gasteiger partial charge in [0.2, 0.25) is 0 Å². The first-order chi connectivity index (χ1) is 12.9. The van der Waals surface area contributed by atoms with E-state index >= 15 is 0 Å². The van der Waals surface area contributed by atoms with Gasteiger partial charge in [-0.05, 0) is 64.8 Å². The molecule has 0 saturated heterocycles. The molecule has 6 nitrogen and oxygen atoms in total. The number of nitrogens with zero attached hydrogens (tertiary/aromatic N) is 2. The van der Waals surface area contributed by atoms with Crippen LogP contribution in [0, 0.1) is 6.92 Å². The van der Waals surface area contributed by atoms with Crippen molar-refractivity contribution < 1.29 is 14.1 Å². The lowest BCUT2D eigenvalue weighted by atomic mass is 10.2. The van der Waals surface area contributed by atoms with Crippen molar-refractivity contribution in [2.75, 3.05) is 11.9 Å². The van der Waals surface area contributed by atoms with Gasteiger partial charge in [-0.15, -0.1) is 0 Å². The van der Waals surface area contributed by atoms with Crippen LogP contribution < -0.4 is 10.1 Å². The summed E-state index contributed by atoms with van der Waals surface area (Å²) in [6.07, 6.45) is 0. The normalized spacial score (nSPS) is 10.9. The number of halogens is 1. The third-order valence-electron chi connectivity index (χ3n) is 3.83. The first-order valence-corrected chi connectivity index (χ1v) is 9.34. The standard InChI is InChI=1S/C20H20BrN3O3/c1-12(2)19-23-20(27-24-19)14-5-7-15(8-6-14)26-11-18(25)22-17-9-4-13(3)10-16(17)21/h4-10,12H,11H2,1-3H3,(H,22,25). The number of ether oxygens (including phenoxy) is 1. The molecule has 0 radical (unpaired) electrons. The summed E-state index contributed by atoms with van der Waals surface area (Å²) in [5, 5.41) is 6.77. The average Bonchev–Trinajstić information content (AvgIpc) is 3.13. The maximum atomic E-state index is 12.1. The van der Waals surface area contributed by atoms with E-state index in [1.165, 1.54) is 0 Å². The van der Waals surface area contributed by atoms with Crippen LogP contribution in [0.15, 0.2) is 51.5 Å². The number of amides is 1. The van der Waals surface area contributed by atoms with Crippen LogP contribution in [0.1, 0.15) is 31.2 Å². The second kappa shape index (κ2) is 8.35. The van der Waals surface area contributed by atoms with Gasteiger partial charge < -0.3 is 14.6 Å². The van der Waals surface area contributed by atoms with Crippen LogP contribution in [-0.2, 0) is 4.79 Å². The highest BCUT2D eigenvalue weighted by Crippen LogP contribution is 2.24. The summed E-state index contributed by atoms with van der Waals surface area (Å²) in [7, 11) is 0. The highest BCUT2D eigenvalue weighted by molar-refractivity contribution is 9.10. The Labute approximate surface area is 166 Å². The molecule has 0 aliphatic heterocycles. The SMILES string of the molecule is Cc1ccc(NC(=O)COc2ccc(-c3nc(C(C)C)no3)cc2)c(Br)c1. The lowest BCUT2D eigenvalue weighted by Crippen LogP contribution is -2.20. The van der Waals surface area contributed by atoms with Gasteiger partial charge in [0.05, 0.1) is 5.69 Å². The van der Waals surface area contributed by atoms with Crippen molar-refractivity contribution >= 4 is 27.5 Å². The molecule has 3 aromatic rings. The van der Waals surface area contributed by atoms with Crippen LogP contribution in [0.3, 0.4) is 0 Å². The van der Waals surface area contributed by atoms with Crippen molar-refractivity contribution in [3.05, 3.63) is 58.3 Å². The van der Waals surface area contributed by atoms with Crippen LogP contribution in [0.25, 0.3) is 11.5 Å². The molecule has 1 amide bonds. The molecular weight excluding hydrogens is 410 g/mol. The number of carbonyl (C=O) groups excluding carboxylic acids is 1. The van der Waals surface area contributed by atoms with E-state index in [0.717, 1.165) is 15.6 Å². The van der Waals surface area contributed by atoms with Gasteiger partial charge in [0.15, 0.2) is 12.4 Å². The molecule has 1 aromatic heterocycles. The van der Waals surface area contributed by atoms with Gasteiger partial charge in [-0.3, -0.25) is 4.79 Å². The predicted molar refractivity (Wildman–Crippen MR) is 107 cm³/mol. The molecule has 1 heterocycles. The van der Waals surface area contributed by atoms with Crippen molar-refractivity contribution in [3.8, 4) is 17.2 Å². The summed E-state index contributed by atoms with van der Waals surface area (Å²) >= 11 is 3.44. The van der Waals surface area contributed by atoms with Crippen LogP contribution in [0.2, 0.25) is 0 Å². The fourth-order valence-electron chi connectivity index (χ4n) is 2.34. The third-order valence-corrected chi connectivity index (χ3v) is 4.48. The van der Waals surface area contributed by atoms with Gasteiger partial charge in [-0.2, -0.15) is 4.98 Å². The zero-order chi connectivity index (χ0) is 19.4. The number of hydrogen-bond donors (Lipinski definition) is 1. The van der Waals surface area contributed by atoms with Crippen molar-refractivity contribution in [2.45, 2.75) is 26.7 Å². The molecule has 7 heteroatoms. The number of hydrogen-bond acceptors (Lipinski definition) is 5. The van der Waals surface area contributed by atoms with E-state index in [1.807, 2.05) is 51.1 Å². The lowest BCUT2D eigenvalue weighted by Gasteiger charge is -2.09. The summed E-state index contributed by atoms with van der Waals surface area (Å²) < 4.78 is 11.6. The zero-order valence-corrected chi connectivity index (χ0v) is 16.9. The minimum atomic E-state index is -0.234. The van der Waals surface area contributed by atoms with E-state index in [2.05, 4.69) is 31.4 Å². The Kier molecular flexibility index (Phi) is 5.91. The maximum absolute atomic E-state index is 12.1. The topological polar surface area (TPSA) is 77.2 Å². The molecular formula is C20H20BrN3O3. The zero-order valence-electron chi connectivity index (χ0n) is 15.3. The Bertz CT molecular complexity index is 936. The Morgan fingerprint density at radius 3 is 2.59 bits per heavy atom. The van der Waals surface area contributed by atoms with E-state index in [-0.39, 0.29) is 18.4 Å². The molecule has 0 aliphatic carbocycles. The van der Waals surface area contributed by atoms with Crippen LogP contribution >= 0.6 is 15.9 Å². The lowest BCUT2D eigenvalue weighted by molar-refractivity contribution is -0.118. The summed E-state index contributed by atoms with van der Waals surface area (Å²) in [6.45, 7) is 5.91. The second-order valence-electron chi connectivity index (χ2n) is 6.46. The Morgan fingerprint density at radius 1 is 1.22 bits per heavy atom. The molecule has 1 N–H and O–H groups in total. The van der Waals surface area contributed by atoms with Gasteiger partial charge in [0, 0.05) is 16.0 Å². The molecule has 0 spiro atoms. The maximum Gasteiger partial charge on any atom is 0.262 e. The van der Waals surface area contributed by atoms with Crippen molar-refractivity contribution in [1.82, 2.24) is 10.1 Å². The van der Waals surface area contributed by atoms with Gasteiger partial charge in [0.1, 0.15) is 5.75 Å². The fourth-order valence-corrected chi connectivity index (χ4v) is 2.93. The van der Waals surface area contributed by atoms with E-state index in [9.17, 15) is 4.79 Å². The molecule has 0 unspecified atom stereocenters. The summed E-state index contributed by atoms with van der Waals surface area (Å²) in [6, 6.07) is 12.9. The van der Waals surface area contributed by atoms with Crippen molar-refractivity contribution in [1.29, 1.82) is 0 Å². The van der Waals surface area contributed by atoms with Crippen molar-refractivity contribution in [3.63, 3.8) is 0 Å². The van der Waals surface area contributed by atoms with E-state index < -0.39 is 0 Å². The smallest absolute Gasteiger partial charge is 0.262 e. The molecule has 2 aromatic carbocycles. The molecule has 0 atom stereocenters. The van der Waals surface area contributed by atoms with Crippen molar-refractivity contribution in [2.24, 2.45) is 0 Å². The average molecular weight is 430 g/mol. The minimum Gasteiger partial charge on any atom is -0.484 e. The van der Waals surface area contributed by atoms with E-state index in [4.69, 9.17) is 9.26 Å². The molecule has 0 fully saturated rings. The van der Waals surface area contributed by atoms with Gasteiger partial charge in [-0.25, -0.2) is 0 Å². The predicted octanol–water partition coefficient (Wildman–Crippen LogP) is 4.95. The number of aryl methyl sites for hydroxylation is 1. The highest BCUT2D eigenvalue weighted by atomic mass is 79.9. The number of rotatable bonds is 6. The minimum absolute atomic E-state index is 0.0856. The number of carbonyl (C=O) groups is 1. The first kappa shape index (κ1) is 19.1. The van der Waals surface area contributed by atoms with Gasteiger partial charge >= 0.3 is 0 Å². The van der Waals surface area contributed by atoms with Gasteiger partial charge in [-0.1, -0.05) is 25.1 Å². The van der Waals surface area contributed by atoms with E-state index in [0.29, 0.717) is 23.2 Å². The molecule has 0 bridgehead atoms. The molecule has 3 rings (SSSR count). The Hall–Kier alpha value is -2.67. The first-order valence-electron chi connectivity index (χ1n) is 8.55. The summed E-state index contributed by atoms with van der Waals surface area (Å²) in [5.74, 6) is 1.69. The third kappa shape index (κ3) is 4.95. The van der Waals surface area contributed by atoms with Crippen LogP contribution in [0.4, 0.5) is 5.69 Å². The molecule has 0 saturated carbocycles. The molecule has 140 valence electrons. The van der Waals surface area contributed by atoms with Crippen LogP contribution in [0.5, 0.6) is 5.75 Å². The highest BCUT2D eigenvalue weighted by Gasteiger charge is 2.12. The monoisotopic (exact) mass is 429 g/mol. The van der Waals surface area contributed by atoms with E-state index in [1.54, 1.807) is 12.1 Å².